The quantitative estimate of drug-likeness (QED) is 0.317. The van der Waals surface area contributed by atoms with Crippen LogP contribution in [-0.4, -0.2) is 47.8 Å². The van der Waals surface area contributed by atoms with E-state index in [0.29, 0.717) is 33.9 Å². The van der Waals surface area contributed by atoms with Crippen molar-refractivity contribution >= 4 is 33.4 Å². The average Bonchev–Trinajstić information content (AvgIpc) is 3.49. The molecule has 1 aliphatic heterocycles. The summed E-state index contributed by atoms with van der Waals surface area (Å²) in [7, 11) is 1.84. The lowest BCUT2D eigenvalue weighted by molar-refractivity contribution is 0.577. The van der Waals surface area contributed by atoms with Gasteiger partial charge in [-0.3, -0.25) is 9.48 Å². The number of nitrogens with one attached hydrogen (secondary N) is 3. The van der Waals surface area contributed by atoms with Gasteiger partial charge in [0.15, 0.2) is 0 Å². The van der Waals surface area contributed by atoms with Gasteiger partial charge in [-0.15, -0.1) is 0 Å². The summed E-state index contributed by atoms with van der Waals surface area (Å²) in [6, 6.07) is 5.86. The Bertz CT molecular complexity index is 1630. The molecule has 0 aliphatic carbocycles. The third-order valence-electron chi connectivity index (χ3n) is 7.15. The number of aromatic nitrogens is 7. The van der Waals surface area contributed by atoms with E-state index in [1.165, 1.54) is 30.5 Å². The number of hydrogen-bond acceptors (Lipinski definition) is 7. The number of aryl methyl sites for hydroxylation is 2. The summed E-state index contributed by atoms with van der Waals surface area (Å²) in [5, 5.41) is 8.20. The number of rotatable bonds is 6. The molecule has 10 nitrogen and oxygen atoms in total. The van der Waals surface area contributed by atoms with Gasteiger partial charge < -0.3 is 20.2 Å². The minimum Gasteiger partial charge on any atom is -0.372 e. The summed E-state index contributed by atoms with van der Waals surface area (Å²) in [4.78, 5) is 36.1. The summed E-state index contributed by atoms with van der Waals surface area (Å²) in [6.07, 6.45) is 9.69. The molecule has 1 atom stereocenters. The first-order chi connectivity index (χ1) is 18.0. The summed E-state index contributed by atoms with van der Waals surface area (Å²) in [6.45, 7) is 6.32. The molecule has 37 heavy (non-hydrogen) atoms. The lowest BCUT2D eigenvalue weighted by Crippen LogP contribution is -2.29. The van der Waals surface area contributed by atoms with E-state index in [1.54, 1.807) is 29.3 Å². The van der Waals surface area contributed by atoms with E-state index in [-0.39, 0.29) is 11.6 Å². The molecule has 1 fully saturated rings. The van der Waals surface area contributed by atoms with Gasteiger partial charge in [0.25, 0.3) is 5.56 Å². The standard InChI is InChI=1S/C27H31N9O/c1-4-17(25-28-9-8-10-29-25)30-24-22(27(37)33-20-15-35(3)34-23(20)24)26-31-18-13-16(2)21(14-19(18)32-26)36-11-6-5-7-12-36/h8-10,13-15,17,30H,4-7,11-12H2,1-3H3,(H,31,32)(H,33,37)/t17-/m0/s1. The molecule has 1 saturated heterocycles. The highest BCUT2D eigenvalue weighted by Gasteiger charge is 2.24. The van der Waals surface area contributed by atoms with Gasteiger partial charge in [0.2, 0.25) is 0 Å². The van der Waals surface area contributed by atoms with Gasteiger partial charge in [0.05, 0.1) is 28.3 Å². The Labute approximate surface area is 214 Å². The topological polar surface area (TPSA) is 120 Å². The van der Waals surface area contributed by atoms with Crippen LogP contribution < -0.4 is 15.8 Å². The van der Waals surface area contributed by atoms with Crippen LogP contribution in [0.1, 0.15) is 50.0 Å². The largest absolute Gasteiger partial charge is 0.372 e. The van der Waals surface area contributed by atoms with Crippen molar-refractivity contribution in [1.82, 2.24) is 34.7 Å². The van der Waals surface area contributed by atoms with Crippen molar-refractivity contribution in [2.24, 2.45) is 7.05 Å². The molecule has 0 amide bonds. The maximum atomic E-state index is 13.5. The van der Waals surface area contributed by atoms with Gasteiger partial charge in [0, 0.05) is 44.4 Å². The number of piperidine rings is 1. The highest BCUT2D eigenvalue weighted by Crippen LogP contribution is 2.34. The van der Waals surface area contributed by atoms with Crippen molar-refractivity contribution < 1.29 is 0 Å². The normalized spacial score (nSPS) is 14.9. The molecule has 10 heteroatoms. The highest BCUT2D eigenvalue weighted by molar-refractivity contribution is 5.97. The number of anilines is 2. The number of fused-ring (bicyclic) bond motifs is 2. The Hall–Kier alpha value is -4.21. The van der Waals surface area contributed by atoms with Crippen LogP contribution in [0.5, 0.6) is 0 Å². The Balaban J connectivity index is 1.50. The van der Waals surface area contributed by atoms with E-state index >= 15 is 0 Å². The Morgan fingerprint density at radius 3 is 2.62 bits per heavy atom. The van der Waals surface area contributed by atoms with Crippen molar-refractivity contribution in [3.63, 3.8) is 0 Å². The molecule has 5 heterocycles. The van der Waals surface area contributed by atoms with Crippen molar-refractivity contribution in [3.05, 3.63) is 58.5 Å². The predicted octanol–water partition coefficient (Wildman–Crippen LogP) is 4.46. The minimum atomic E-state index is -0.237. The lowest BCUT2D eigenvalue weighted by atomic mass is 10.1. The molecule has 3 N–H and O–H groups in total. The van der Waals surface area contributed by atoms with Crippen LogP contribution in [0.25, 0.3) is 33.5 Å². The summed E-state index contributed by atoms with van der Waals surface area (Å²) in [5.41, 5.74) is 6.27. The van der Waals surface area contributed by atoms with Gasteiger partial charge in [-0.1, -0.05) is 6.92 Å². The van der Waals surface area contributed by atoms with E-state index < -0.39 is 0 Å². The highest BCUT2D eigenvalue weighted by atomic mass is 16.1. The maximum absolute atomic E-state index is 13.5. The molecule has 6 rings (SSSR count). The average molecular weight is 498 g/mol. The van der Waals surface area contributed by atoms with E-state index in [2.05, 4.69) is 61.2 Å². The second-order valence-corrected chi connectivity index (χ2v) is 9.77. The number of benzene rings is 1. The number of hydrogen-bond donors (Lipinski definition) is 3. The maximum Gasteiger partial charge on any atom is 0.261 e. The summed E-state index contributed by atoms with van der Waals surface area (Å²) >= 11 is 0. The molecule has 190 valence electrons. The van der Waals surface area contributed by atoms with Crippen LogP contribution in [0.2, 0.25) is 0 Å². The molecule has 0 saturated carbocycles. The molecule has 0 bridgehead atoms. The Kier molecular flexibility index (Phi) is 5.86. The molecule has 5 aromatic rings. The number of aromatic amines is 2. The first-order valence-corrected chi connectivity index (χ1v) is 12.9. The number of pyridine rings is 1. The van der Waals surface area contributed by atoms with Crippen LogP contribution in [-0.2, 0) is 7.05 Å². The SMILES string of the molecule is CC[C@H](Nc1c(-c2nc3cc(C)c(N4CCCCC4)cc3[nH]2)c(=O)[nH]c2cn(C)nc12)c1ncccn1. The van der Waals surface area contributed by atoms with Gasteiger partial charge in [-0.05, 0) is 56.4 Å². The Morgan fingerprint density at radius 1 is 1.08 bits per heavy atom. The molecular formula is C27H31N9O. The zero-order valence-corrected chi connectivity index (χ0v) is 21.4. The molecule has 4 aromatic heterocycles. The number of nitrogens with zero attached hydrogens (tertiary/aromatic N) is 6. The number of H-pyrrole nitrogens is 2. The van der Waals surface area contributed by atoms with E-state index in [1.807, 2.05) is 7.05 Å². The van der Waals surface area contributed by atoms with Gasteiger partial charge in [-0.2, -0.15) is 5.10 Å². The molecule has 0 spiro atoms. The second kappa shape index (κ2) is 9.34. The fraction of sp³-hybridized carbons (Fsp3) is 0.370. The molecule has 0 unspecified atom stereocenters. The summed E-state index contributed by atoms with van der Waals surface area (Å²) < 4.78 is 1.70. The molecule has 1 aromatic carbocycles. The fourth-order valence-electron chi connectivity index (χ4n) is 5.31. The molecule has 0 radical (unpaired) electrons. The lowest BCUT2D eigenvalue weighted by Gasteiger charge is -2.30. The second-order valence-electron chi connectivity index (χ2n) is 9.77. The van der Waals surface area contributed by atoms with E-state index in [4.69, 9.17) is 4.98 Å². The Morgan fingerprint density at radius 2 is 1.86 bits per heavy atom. The van der Waals surface area contributed by atoms with Crippen molar-refractivity contribution in [2.45, 2.75) is 45.6 Å². The first-order valence-electron chi connectivity index (χ1n) is 12.9. The predicted molar refractivity (Wildman–Crippen MR) is 146 cm³/mol. The van der Waals surface area contributed by atoms with E-state index in [9.17, 15) is 4.79 Å². The van der Waals surface area contributed by atoms with Crippen LogP contribution in [0.4, 0.5) is 11.4 Å². The molecular weight excluding hydrogens is 466 g/mol. The van der Waals surface area contributed by atoms with Crippen molar-refractivity contribution in [3.8, 4) is 11.4 Å². The van der Waals surface area contributed by atoms with Gasteiger partial charge >= 0.3 is 0 Å². The zero-order chi connectivity index (χ0) is 25.5. The third kappa shape index (κ3) is 4.22. The van der Waals surface area contributed by atoms with Gasteiger partial charge in [0.1, 0.15) is 22.7 Å². The third-order valence-corrected chi connectivity index (χ3v) is 7.15. The van der Waals surface area contributed by atoms with Crippen LogP contribution in [0, 0.1) is 6.92 Å². The fourth-order valence-corrected chi connectivity index (χ4v) is 5.31. The smallest absolute Gasteiger partial charge is 0.261 e. The number of imidazole rings is 1. The van der Waals surface area contributed by atoms with E-state index in [0.717, 1.165) is 30.5 Å². The minimum absolute atomic E-state index is 0.204. The van der Waals surface area contributed by atoms with Crippen LogP contribution >= 0.6 is 0 Å². The molecule has 1 aliphatic rings. The van der Waals surface area contributed by atoms with Crippen LogP contribution in [0.15, 0.2) is 41.6 Å². The first kappa shape index (κ1) is 23.2. The van der Waals surface area contributed by atoms with Gasteiger partial charge in [-0.25, -0.2) is 15.0 Å². The van der Waals surface area contributed by atoms with Crippen molar-refractivity contribution in [1.29, 1.82) is 0 Å². The monoisotopic (exact) mass is 497 g/mol. The zero-order valence-electron chi connectivity index (χ0n) is 21.4. The summed E-state index contributed by atoms with van der Waals surface area (Å²) in [5.74, 6) is 1.16. The van der Waals surface area contributed by atoms with Crippen LogP contribution in [0.3, 0.4) is 0 Å². The van der Waals surface area contributed by atoms with Crippen molar-refractivity contribution in [2.75, 3.05) is 23.3 Å².